The fraction of sp³-hybridized carbons (Fsp3) is 0.588. The molecule has 0 radical (unpaired) electrons. The monoisotopic (exact) mass is 287 g/mol. The van der Waals surface area contributed by atoms with Crippen LogP contribution in [0, 0.1) is 0 Å². The molecule has 2 saturated heterocycles. The molecular formula is C17H25N3O. The Kier molecular flexibility index (Phi) is 4.88. The summed E-state index contributed by atoms with van der Waals surface area (Å²) in [5, 5.41) is 6.70. The highest BCUT2D eigenvalue weighted by molar-refractivity contribution is 5.76. The zero-order valence-corrected chi connectivity index (χ0v) is 12.6. The molecule has 0 saturated carbocycles. The van der Waals surface area contributed by atoms with Crippen LogP contribution in [0.3, 0.4) is 0 Å². The molecule has 0 aliphatic carbocycles. The number of benzene rings is 1. The van der Waals surface area contributed by atoms with E-state index in [9.17, 15) is 4.79 Å². The highest BCUT2D eigenvalue weighted by atomic mass is 16.1. The van der Waals surface area contributed by atoms with Crippen molar-refractivity contribution >= 4 is 5.91 Å². The minimum Gasteiger partial charge on any atom is -0.355 e. The number of likely N-dealkylation sites (tertiary alicyclic amines) is 1. The maximum atomic E-state index is 11.2. The second-order valence-corrected chi connectivity index (χ2v) is 6.27. The van der Waals surface area contributed by atoms with Gasteiger partial charge in [0.15, 0.2) is 0 Å². The number of hydrogen-bond donors (Lipinski definition) is 2. The van der Waals surface area contributed by atoms with Crippen LogP contribution >= 0.6 is 0 Å². The van der Waals surface area contributed by atoms with Crippen molar-refractivity contribution in [2.24, 2.45) is 0 Å². The Hall–Kier alpha value is -1.39. The van der Waals surface area contributed by atoms with Gasteiger partial charge in [-0.1, -0.05) is 30.3 Å². The fourth-order valence-electron chi connectivity index (χ4n) is 3.39. The molecule has 4 nitrogen and oxygen atoms in total. The minimum atomic E-state index is 0.197. The number of carbonyl (C=O) groups excluding carboxylic acids is 1. The first kappa shape index (κ1) is 14.5. The van der Waals surface area contributed by atoms with Crippen LogP contribution in [0.2, 0.25) is 0 Å². The predicted octanol–water partition coefficient (Wildman–Crippen LogP) is 1.52. The number of rotatable bonds is 4. The summed E-state index contributed by atoms with van der Waals surface area (Å²) in [7, 11) is 0. The van der Waals surface area contributed by atoms with Gasteiger partial charge in [-0.05, 0) is 31.4 Å². The van der Waals surface area contributed by atoms with E-state index in [4.69, 9.17) is 0 Å². The number of carbonyl (C=O) groups is 1. The molecule has 1 aromatic carbocycles. The van der Waals surface area contributed by atoms with Gasteiger partial charge in [0.2, 0.25) is 5.91 Å². The largest absolute Gasteiger partial charge is 0.355 e. The van der Waals surface area contributed by atoms with Crippen molar-refractivity contribution in [3.8, 4) is 0 Å². The van der Waals surface area contributed by atoms with E-state index in [1.54, 1.807) is 0 Å². The molecule has 3 rings (SSSR count). The van der Waals surface area contributed by atoms with Gasteiger partial charge in [-0.3, -0.25) is 9.69 Å². The third-order valence-electron chi connectivity index (χ3n) is 4.49. The lowest BCUT2D eigenvalue weighted by Gasteiger charge is -2.36. The molecule has 2 fully saturated rings. The lowest BCUT2D eigenvalue weighted by Crippen LogP contribution is -2.53. The lowest BCUT2D eigenvalue weighted by atomic mass is 10.0. The molecule has 0 aromatic heterocycles. The van der Waals surface area contributed by atoms with E-state index in [0.717, 1.165) is 26.1 Å². The summed E-state index contributed by atoms with van der Waals surface area (Å²) in [6.45, 7) is 4.13. The Bertz CT molecular complexity index is 452. The summed E-state index contributed by atoms with van der Waals surface area (Å²) >= 11 is 0. The number of piperidine rings is 2. The molecular weight excluding hydrogens is 262 g/mol. The van der Waals surface area contributed by atoms with E-state index in [-0.39, 0.29) is 5.91 Å². The molecule has 2 unspecified atom stereocenters. The number of amides is 1. The number of hydrogen-bond acceptors (Lipinski definition) is 3. The predicted molar refractivity (Wildman–Crippen MR) is 83.9 cm³/mol. The molecule has 0 bridgehead atoms. The SMILES string of the molecule is O=C1CCC(NC2CCCN(Cc3ccccc3)C2)CN1. The summed E-state index contributed by atoms with van der Waals surface area (Å²) < 4.78 is 0. The molecule has 4 heteroatoms. The second-order valence-electron chi connectivity index (χ2n) is 6.27. The van der Waals surface area contributed by atoms with Crippen molar-refractivity contribution in [1.29, 1.82) is 0 Å². The highest BCUT2D eigenvalue weighted by Gasteiger charge is 2.24. The molecule has 2 aliphatic rings. The van der Waals surface area contributed by atoms with Crippen LogP contribution in [0.4, 0.5) is 0 Å². The standard InChI is InChI=1S/C17H25N3O/c21-17-9-8-15(11-18-17)19-16-7-4-10-20(13-16)12-14-5-2-1-3-6-14/h1-3,5-6,15-16,19H,4,7-13H2,(H,18,21). The summed E-state index contributed by atoms with van der Waals surface area (Å²) in [6, 6.07) is 11.7. The van der Waals surface area contributed by atoms with Crippen LogP contribution in [0.25, 0.3) is 0 Å². The van der Waals surface area contributed by atoms with Crippen LogP contribution in [-0.4, -0.2) is 42.5 Å². The number of nitrogens with one attached hydrogen (secondary N) is 2. The maximum absolute atomic E-state index is 11.2. The Labute approximate surface area is 126 Å². The van der Waals surface area contributed by atoms with Crippen LogP contribution in [0.1, 0.15) is 31.2 Å². The first-order valence-electron chi connectivity index (χ1n) is 8.08. The van der Waals surface area contributed by atoms with E-state index in [1.807, 2.05) is 0 Å². The summed E-state index contributed by atoms with van der Waals surface area (Å²) in [5.41, 5.74) is 1.39. The molecule has 2 N–H and O–H groups in total. The molecule has 2 atom stereocenters. The van der Waals surface area contributed by atoms with Gasteiger partial charge in [-0.25, -0.2) is 0 Å². The van der Waals surface area contributed by atoms with Crippen LogP contribution in [0.15, 0.2) is 30.3 Å². The van der Waals surface area contributed by atoms with Gasteiger partial charge in [-0.2, -0.15) is 0 Å². The number of nitrogens with zero attached hydrogens (tertiary/aromatic N) is 1. The Balaban J connectivity index is 1.48. The van der Waals surface area contributed by atoms with Crippen molar-refractivity contribution in [3.63, 3.8) is 0 Å². The lowest BCUT2D eigenvalue weighted by molar-refractivity contribution is -0.122. The highest BCUT2D eigenvalue weighted by Crippen LogP contribution is 2.15. The fourth-order valence-corrected chi connectivity index (χ4v) is 3.39. The molecule has 114 valence electrons. The Morgan fingerprint density at radius 1 is 1.19 bits per heavy atom. The molecule has 1 aromatic rings. The Morgan fingerprint density at radius 2 is 2.05 bits per heavy atom. The second kappa shape index (κ2) is 7.05. The summed E-state index contributed by atoms with van der Waals surface area (Å²) in [4.78, 5) is 13.7. The minimum absolute atomic E-state index is 0.197. The van der Waals surface area contributed by atoms with Crippen molar-refractivity contribution in [3.05, 3.63) is 35.9 Å². The molecule has 1 amide bonds. The van der Waals surface area contributed by atoms with E-state index in [1.165, 1.54) is 24.9 Å². The van der Waals surface area contributed by atoms with Gasteiger partial charge < -0.3 is 10.6 Å². The average Bonchev–Trinajstić information content (AvgIpc) is 2.51. The van der Waals surface area contributed by atoms with Crippen LogP contribution in [0.5, 0.6) is 0 Å². The molecule has 0 spiro atoms. The van der Waals surface area contributed by atoms with Crippen LogP contribution < -0.4 is 10.6 Å². The Morgan fingerprint density at radius 3 is 2.81 bits per heavy atom. The first-order chi connectivity index (χ1) is 10.3. The van der Waals surface area contributed by atoms with Gasteiger partial charge in [-0.15, -0.1) is 0 Å². The summed E-state index contributed by atoms with van der Waals surface area (Å²) in [5.74, 6) is 0.197. The van der Waals surface area contributed by atoms with Crippen LogP contribution in [-0.2, 0) is 11.3 Å². The van der Waals surface area contributed by atoms with E-state index in [2.05, 4.69) is 45.9 Å². The molecule has 21 heavy (non-hydrogen) atoms. The maximum Gasteiger partial charge on any atom is 0.220 e. The normalized spacial score (nSPS) is 27.3. The van der Waals surface area contributed by atoms with Crippen molar-refractivity contribution in [1.82, 2.24) is 15.5 Å². The smallest absolute Gasteiger partial charge is 0.220 e. The zero-order valence-electron chi connectivity index (χ0n) is 12.6. The van der Waals surface area contributed by atoms with Crippen molar-refractivity contribution < 1.29 is 4.79 Å². The van der Waals surface area contributed by atoms with E-state index in [0.29, 0.717) is 18.5 Å². The molecule has 2 aliphatic heterocycles. The summed E-state index contributed by atoms with van der Waals surface area (Å²) in [6.07, 6.45) is 4.14. The van der Waals surface area contributed by atoms with Gasteiger partial charge in [0.05, 0.1) is 0 Å². The zero-order chi connectivity index (χ0) is 14.5. The molecule has 2 heterocycles. The first-order valence-corrected chi connectivity index (χ1v) is 8.08. The van der Waals surface area contributed by atoms with Crippen molar-refractivity contribution in [2.75, 3.05) is 19.6 Å². The van der Waals surface area contributed by atoms with Gasteiger partial charge in [0, 0.05) is 38.1 Å². The topological polar surface area (TPSA) is 44.4 Å². The van der Waals surface area contributed by atoms with Gasteiger partial charge in [0.1, 0.15) is 0 Å². The van der Waals surface area contributed by atoms with E-state index >= 15 is 0 Å². The van der Waals surface area contributed by atoms with Crippen molar-refractivity contribution in [2.45, 2.75) is 44.3 Å². The van der Waals surface area contributed by atoms with Gasteiger partial charge >= 0.3 is 0 Å². The third kappa shape index (κ3) is 4.29. The quantitative estimate of drug-likeness (QED) is 0.882. The van der Waals surface area contributed by atoms with Gasteiger partial charge in [0.25, 0.3) is 0 Å². The third-order valence-corrected chi connectivity index (χ3v) is 4.49. The van der Waals surface area contributed by atoms with E-state index < -0.39 is 0 Å². The average molecular weight is 287 g/mol.